The van der Waals surface area contributed by atoms with Crippen LogP contribution in [-0.4, -0.2) is 14.1 Å². The zero-order valence-electron chi connectivity index (χ0n) is 18.6. The summed E-state index contributed by atoms with van der Waals surface area (Å²) in [6.45, 7) is 7.15. The Bertz CT molecular complexity index is 1240. The topological polar surface area (TPSA) is 39.8 Å². The average Bonchev–Trinajstić information content (AvgIpc) is 3.09. The van der Waals surface area contributed by atoms with E-state index in [1.807, 2.05) is 40.6 Å². The Kier molecular flexibility index (Phi) is 6.33. The number of hydrogen-bond acceptors (Lipinski definition) is 3. The monoisotopic (exact) mass is 431 g/mol. The van der Waals surface area contributed by atoms with Gasteiger partial charge in [-0.3, -0.25) is 9.36 Å². The van der Waals surface area contributed by atoms with Crippen LogP contribution in [0.2, 0.25) is 0 Å². The minimum atomic E-state index is 0.0433. The lowest BCUT2D eigenvalue weighted by atomic mass is 10.1. The van der Waals surface area contributed by atoms with Crippen LogP contribution in [0, 0.1) is 12.8 Å². The van der Waals surface area contributed by atoms with Gasteiger partial charge in [0.05, 0.1) is 0 Å². The van der Waals surface area contributed by atoms with E-state index < -0.39 is 0 Å². The Balaban J connectivity index is 1.81. The lowest BCUT2D eigenvalue weighted by molar-refractivity contribution is 0.480. The van der Waals surface area contributed by atoms with Gasteiger partial charge in [-0.1, -0.05) is 85.8 Å². The first-order valence-corrected chi connectivity index (χ1v) is 11.8. The van der Waals surface area contributed by atoms with Crippen molar-refractivity contribution in [3.05, 3.63) is 82.3 Å². The van der Waals surface area contributed by atoms with Crippen LogP contribution in [0.25, 0.3) is 22.2 Å². The van der Waals surface area contributed by atoms with Gasteiger partial charge >= 0.3 is 0 Å². The van der Waals surface area contributed by atoms with E-state index in [9.17, 15) is 4.79 Å². The SMILES string of the molecule is Cc1ccc(CSc2nc3c(-c4ccccc4)cn(C)c3c(=O)n2CCC(C)C)cc1. The fourth-order valence-corrected chi connectivity index (χ4v) is 4.68. The lowest BCUT2D eigenvalue weighted by Gasteiger charge is -2.14. The molecule has 0 aliphatic heterocycles. The van der Waals surface area contributed by atoms with Gasteiger partial charge in [0.15, 0.2) is 5.16 Å². The Hall–Kier alpha value is -2.79. The van der Waals surface area contributed by atoms with Gasteiger partial charge in [0.25, 0.3) is 5.56 Å². The summed E-state index contributed by atoms with van der Waals surface area (Å²) in [5.74, 6) is 1.30. The van der Waals surface area contributed by atoms with Gasteiger partial charge in [-0.2, -0.15) is 0 Å². The summed E-state index contributed by atoms with van der Waals surface area (Å²) in [4.78, 5) is 18.6. The standard InChI is InChI=1S/C26H29N3OS/c1-18(2)14-15-29-25(30)24-23(22(16-28(24)4)21-8-6-5-7-9-21)27-26(29)31-17-20-12-10-19(3)11-13-20/h5-13,16,18H,14-15,17H2,1-4H3. The first kappa shape index (κ1) is 21.4. The third-order valence-electron chi connectivity index (χ3n) is 5.54. The fraction of sp³-hybridized carbons (Fsp3) is 0.308. The number of aromatic nitrogens is 3. The normalized spacial score (nSPS) is 11.5. The fourth-order valence-electron chi connectivity index (χ4n) is 3.71. The molecule has 0 saturated heterocycles. The Morgan fingerprint density at radius 2 is 1.74 bits per heavy atom. The molecule has 0 N–H and O–H groups in total. The maximum Gasteiger partial charge on any atom is 0.278 e. The van der Waals surface area contributed by atoms with Crippen molar-refractivity contribution < 1.29 is 0 Å². The second-order valence-corrected chi connectivity index (χ2v) is 9.47. The largest absolute Gasteiger partial charge is 0.344 e. The molecule has 0 amide bonds. The molecule has 31 heavy (non-hydrogen) atoms. The average molecular weight is 432 g/mol. The minimum absolute atomic E-state index is 0.0433. The molecule has 0 radical (unpaired) electrons. The molecule has 4 rings (SSSR count). The summed E-state index contributed by atoms with van der Waals surface area (Å²) < 4.78 is 3.79. The van der Waals surface area contributed by atoms with Crippen molar-refractivity contribution in [3.63, 3.8) is 0 Å². The molecule has 0 atom stereocenters. The van der Waals surface area contributed by atoms with E-state index in [0.29, 0.717) is 18.0 Å². The summed E-state index contributed by atoms with van der Waals surface area (Å²) >= 11 is 1.64. The van der Waals surface area contributed by atoms with E-state index >= 15 is 0 Å². The number of thioether (sulfide) groups is 1. The van der Waals surface area contributed by atoms with Crippen molar-refractivity contribution in [1.82, 2.24) is 14.1 Å². The highest BCUT2D eigenvalue weighted by atomic mass is 32.2. The van der Waals surface area contributed by atoms with Gasteiger partial charge in [-0.05, 0) is 30.4 Å². The minimum Gasteiger partial charge on any atom is -0.344 e. The van der Waals surface area contributed by atoms with E-state index in [0.717, 1.165) is 34.0 Å². The van der Waals surface area contributed by atoms with E-state index in [4.69, 9.17) is 4.98 Å². The number of fused-ring (bicyclic) bond motifs is 1. The van der Waals surface area contributed by atoms with Crippen molar-refractivity contribution >= 4 is 22.8 Å². The Labute approximate surface area is 187 Å². The second-order valence-electron chi connectivity index (χ2n) is 8.52. The molecule has 0 unspecified atom stereocenters. The number of nitrogens with zero attached hydrogens (tertiary/aromatic N) is 3. The molecule has 2 aromatic carbocycles. The molecule has 0 saturated carbocycles. The predicted molar refractivity (Wildman–Crippen MR) is 131 cm³/mol. The number of hydrogen-bond donors (Lipinski definition) is 0. The van der Waals surface area contributed by atoms with Crippen LogP contribution < -0.4 is 5.56 Å². The molecule has 2 heterocycles. The van der Waals surface area contributed by atoms with Crippen LogP contribution >= 0.6 is 11.8 Å². The van der Waals surface area contributed by atoms with E-state index in [2.05, 4.69) is 57.2 Å². The molecule has 160 valence electrons. The van der Waals surface area contributed by atoms with E-state index in [-0.39, 0.29) is 5.56 Å². The van der Waals surface area contributed by atoms with Crippen LogP contribution in [0.3, 0.4) is 0 Å². The quantitative estimate of drug-likeness (QED) is 0.264. The molecule has 0 aliphatic rings. The van der Waals surface area contributed by atoms with Crippen LogP contribution in [0.1, 0.15) is 31.4 Å². The molecule has 5 heteroatoms. The van der Waals surface area contributed by atoms with Crippen molar-refractivity contribution in [2.24, 2.45) is 13.0 Å². The van der Waals surface area contributed by atoms with Gasteiger partial charge in [0.2, 0.25) is 0 Å². The van der Waals surface area contributed by atoms with Crippen LogP contribution in [0.5, 0.6) is 0 Å². The number of benzene rings is 2. The summed E-state index contributed by atoms with van der Waals surface area (Å²) in [5.41, 5.74) is 6.06. The first-order chi connectivity index (χ1) is 14.9. The molecular weight excluding hydrogens is 402 g/mol. The summed E-state index contributed by atoms with van der Waals surface area (Å²) in [6.07, 6.45) is 2.97. The second kappa shape index (κ2) is 9.15. The van der Waals surface area contributed by atoms with Crippen molar-refractivity contribution in [3.8, 4) is 11.1 Å². The van der Waals surface area contributed by atoms with Crippen LogP contribution in [0.15, 0.2) is 70.7 Å². The smallest absolute Gasteiger partial charge is 0.278 e. The van der Waals surface area contributed by atoms with Gasteiger partial charge in [0, 0.05) is 31.1 Å². The Morgan fingerprint density at radius 3 is 2.42 bits per heavy atom. The predicted octanol–water partition coefficient (Wildman–Crippen LogP) is 6.05. The maximum absolute atomic E-state index is 13.6. The molecule has 2 aromatic heterocycles. The van der Waals surface area contributed by atoms with Crippen molar-refractivity contribution in [2.45, 2.75) is 44.6 Å². The molecular formula is C26H29N3OS. The van der Waals surface area contributed by atoms with Crippen molar-refractivity contribution in [2.75, 3.05) is 0 Å². The molecule has 0 fully saturated rings. The molecule has 4 nitrogen and oxygen atoms in total. The van der Waals surface area contributed by atoms with Gasteiger partial charge in [-0.25, -0.2) is 4.98 Å². The third kappa shape index (κ3) is 4.62. The van der Waals surface area contributed by atoms with Gasteiger partial charge in [0.1, 0.15) is 11.0 Å². The van der Waals surface area contributed by atoms with E-state index in [1.165, 1.54) is 11.1 Å². The van der Waals surface area contributed by atoms with Crippen LogP contribution in [-0.2, 0) is 19.3 Å². The number of rotatable bonds is 7. The highest BCUT2D eigenvalue weighted by molar-refractivity contribution is 7.98. The van der Waals surface area contributed by atoms with E-state index in [1.54, 1.807) is 11.8 Å². The van der Waals surface area contributed by atoms with Gasteiger partial charge in [-0.15, -0.1) is 0 Å². The molecule has 0 spiro atoms. The maximum atomic E-state index is 13.6. The molecule has 0 bridgehead atoms. The highest BCUT2D eigenvalue weighted by Crippen LogP contribution is 2.30. The Morgan fingerprint density at radius 1 is 1.03 bits per heavy atom. The van der Waals surface area contributed by atoms with Crippen molar-refractivity contribution in [1.29, 1.82) is 0 Å². The molecule has 4 aromatic rings. The summed E-state index contributed by atoms with van der Waals surface area (Å²) in [5, 5.41) is 0.794. The zero-order valence-corrected chi connectivity index (χ0v) is 19.4. The van der Waals surface area contributed by atoms with Gasteiger partial charge < -0.3 is 4.57 Å². The summed E-state index contributed by atoms with van der Waals surface area (Å²) in [7, 11) is 1.93. The first-order valence-electron chi connectivity index (χ1n) is 10.8. The van der Waals surface area contributed by atoms with Crippen LogP contribution in [0.4, 0.5) is 0 Å². The number of aryl methyl sites for hydroxylation is 2. The third-order valence-corrected chi connectivity index (χ3v) is 6.59. The highest BCUT2D eigenvalue weighted by Gasteiger charge is 2.19. The summed E-state index contributed by atoms with van der Waals surface area (Å²) in [6, 6.07) is 18.7. The molecule has 0 aliphatic carbocycles. The lowest BCUT2D eigenvalue weighted by Crippen LogP contribution is -2.25. The zero-order chi connectivity index (χ0) is 22.0.